The van der Waals surface area contributed by atoms with E-state index in [9.17, 15) is 4.79 Å². The summed E-state index contributed by atoms with van der Waals surface area (Å²) in [6, 6.07) is 5.69. The lowest BCUT2D eigenvalue weighted by molar-refractivity contribution is -0.136. The number of aryl methyl sites for hydroxylation is 1. The maximum Gasteiger partial charge on any atom is 0.309 e. The largest absolute Gasteiger partial charge is 0.481 e. The molecular weight excluding hydrogens is 272 g/mol. The topological polar surface area (TPSA) is 55.1 Å². The molecule has 4 nitrogen and oxygen atoms in total. The van der Waals surface area contributed by atoms with E-state index in [1.54, 1.807) is 4.68 Å². The molecule has 2 aromatic rings. The average Bonchev–Trinajstić information content (AvgIpc) is 2.55. The molecule has 0 saturated heterocycles. The number of hydrogen-bond donors (Lipinski definition) is 1. The SMILES string of the molecule is CCn1nc2cc(Br)ccc2c1CC(=O)O. The van der Waals surface area contributed by atoms with E-state index in [4.69, 9.17) is 5.11 Å². The van der Waals surface area contributed by atoms with Crippen molar-refractivity contribution >= 4 is 32.8 Å². The Bertz CT molecular complexity index is 548. The Morgan fingerprint density at radius 1 is 1.56 bits per heavy atom. The number of carboxylic acids is 1. The van der Waals surface area contributed by atoms with E-state index < -0.39 is 5.97 Å². The van der Waals surface area contributed by atoms with E-state index in [0.717, 1.165) is 21.1 Å². The predicted molar refractivity (Wildman–Crippen MR) is 64.4 cm³/mol. The van der Waals surface area contributed by atoms with Crippen molar-refractivity contribution < 1.29 is 9.90 Å². The zero-order valence-corrected chi connectivity index (χ0v) is 10.4. The van der Waals surface area contributed by atoms with Crippen LogP contribution in [0.2, 0.25) is 0 Å². The van der Waals surface area contributed by atoms with E-state index in [0.29, 0.717) is 6.54 Å². The van der Waals surface area contributed by atoms with E-state index in [2.05, 4.69) is 21.0 Å². The van der Waals surface area contributed by atoms with Crippen LogP contribution in [0.4, 0.5) is 0 Å². The first-order valence-corrected chi connectivity index (χ1v) is 5.78. The molecule has 0 fully saturated rings. The fourth-order valence-corrected chi connectivity index (χ4v) is 2.10. The van der Waals surface area contributed by atoms with Crippen molar-refractivity contribution in [1.29, 1.82) is 0 Å². The summed E-state index contributed by atoms with van der Waals surface area (Å²) in [6.07, 6.45) is 0.00592. The number of halogens is 1. The summed E-state index contributed by atoms with van der Waals surface area (Å²) in [5.74, 6) is -0.834. The molecule has 2 rings (SSSR count). The number of benzene rings is 1. The summed E-state index contributed by atoms with van der Waals surface area (Å²) >= 11 is 3.37. The van der Waals surface area contributed by atoms with Crippen LogP contribution < -0.4 is 0 Å². The molecular formula is C11H11BrN2O2. The smallest absolute Gasteiger partial charge is 0.309 e. The van der Waals surface area contributed by atoms with Crippen molar-refractivity contribution in [3.63, 3.8) is 0 Å². The van der Waals surface area contributed by atoms with Crippen LogP contribution in [0.3, 0.4) is 0 Å². The van der Waals surface area contributed by atoms with Gasteiger partial charge in [0.25, 0.3) is 0 Å². The second kappa shape index (κ2) is 4.25. The van der Waals surface area contributed by atoms with Gasteiger partial charge in [-0.05, 0) is 25.1 Å². The van der Waals surface area contributed by atoms with Crippen LogP contribution in [-0.4, -0.2) is 20.9 Å². The van der Waals surface area contributed by atoms with Crippen LogP contribution in [0.25, 0.3) is 10.9 Å². The van der Waals surface area contributed by atoms with E-state index >= 15 is 0 Å². The highest BCUT2D eigenvalue weighted by Gasteiger charge is 2.13. The molecule has 0 saturated carbocycles. The van der Waals surface area contributed by atoms with Crippen LogP contribution in [0, 0.1) is 0 Å². The first-order chi connectivity index (χ1) is 7.61. The summed E-state index contributed by atoms with van der Waals surface area (Å²) in [7, 11) is 0. The highest BCUT2D eigenvalue weighted by molar-refractivity contribution is 9.10. The molecule has 5 heteroatoms. The quantitative estimate of drug-likeness (QED) is 0.941. The monoisotopic (exact) mass is 282 g/mol. The van der Waals surface area contributed by atoms with Crippen molar-refractivity contribution in [2.45, 2.75) is 19.9 Å². The summed E-state index contributed by atoms with van der Waals surface area (Å²) < 4.78 is 2.69. The predicted octanol–water partition coefficient (Wildman–Crippen LogP) is 2.45. The van der Waals surface area contributed by atoms with Gasteiger partial charge in [-0.3, -0.25) is 9.48 Å². The fraction of sp³-hybridized carbons (Fsp3) is 0.273. The molecule has 1 aromatic heterocycles. The second-order valence-electron chi connectivity index (χ2n) is 3.49. The number of carbonyl (C=O) groups is 1. The molecule has 0 aliphatic heterocycles. The van der Waals surface area contributed by atoms with Crippen LogP contribution >= 0.6 is 15.9 Å². The summed E-state index contributed by atoms with van der Waals surface area (Å²) in [5.41, 5.74) is 1.59. The van der Waals surface area contributed by atoms with Crippen LogP contribution in [0.1, 0.15) is 12.6 Å². The number of hydrogen-bond acceptors (Lipinski definition) is 2. The Morgan fingerprint density at radius 3 is 2.94 bits per heavy atom. The van der Waals surface area contributed by atoms with Gasteiger partial charge < -0.3 is 5.11 Å². The lowest BCUT2D eigenvalue weighted by atomic mass is 10.1. The van der Waals surface area contributed by atoms with Crippen molar-refractivity contribution in [3.8, 4) is 0 Å². The minimum Gasteiger partial charge on any atom is -0.481 e. The zero-order chi connectivity index (χ0) is 11.7. The number of rotatable bonds is 3. The Morgan fingerprint density at radius 2 is 2.31 bits per heavy atom. The Kier molecular flexibility index (Phi) is 2.96. The molecule has 0 bridgehead atoms. The Hall–Kier alpha value is -1.36. The standard InChI is InChI=1S/C11H11BrN2O2/c1-2-14-10(6-11(15)16)8-4-3-7(12)5-9(8)13-14/h3-5H,2,6H2,1H3,(H,15,16). The van der Waals surface area contributed by atoms with Gasteiger partial charge in [0.05, 0.1) is 17.6 Å². The fourth-order valence-electron chi connectivity index (χ4n) is 1.75. The third-order valence-electron chi connectivity index (χ3n) is 2.43. The zero-order valence-electron chi connectivity index (χ0n) is 8.77. The maximum atomic E-state index is 10.8. The normalized spacial score (nSPS) is 10.9. The first kappa shape index (κ1) is 11.1. The summed E-state index contributed by atoms with van der Waals surface area (Å²) in [6.45, 7) is 2.63. The number of fused-ring (bicyclic) bond motifs is 1. The van der Waals surface area contributed by atoms with Gasteiger partial charge in [0.15, 0.2) is 0 Å². The van der Waals surface area contributed by atoms with E-state index in [1.807, 2.05) is 25.1 Å². The molecule has 0 aliphatic carbocycles. The van der Waals surface area contributed by atoms with Gasteiger partial charge in [0.2, 0.25) is 0 Å². The lowest BCUT2D eigenvalue weighted by Crippen LogP contribution is -2.08. The van der Waals surface area contributed by atoms with Crippen LogP contribution in [0.15, 0.2) is 22.7 Å². The minimum atomic E-state index is -0.834. The maximum absolute atomic E-state index is 10.8. The van der Waals surface area contributed by atoms with Crippen molar-refractivity contribution in [3.05, 3.63) is 28.4 Å². The number of nitrogens with zero attached hydrogens (tertiary/aromatic N) is 2. The number of aliphatic carboxylic acids is 1. The molecule has 0 atom stereocenters. The molecule has 0 spiro atoms. The molecule has 1 N–H and O–H groups in total. The van der Waals surface area contributed by atoms with Crippen LogP contribution in [0.5, 0.6) is 0 Å². The van der Waals surface area contributed by atoms with Gasteiger partial charge in [-0.1, -0.05) is 15.9 Å². The number of carboxylic acid groups (broad SMARTS) is 1. The van der Waals surface area contributed by atoms with Crippen molar-refractivity contribution in [2.24, 2.45) is 0 Å². The van der Waals surface area contributed by atoms with Gasteiger partial charge >= 0.3 is 5.97 Å². The Balaban J connectivity index is 2.63. The van der Waals surface area contributed by atoms with E-state index in [1.165, 1.54) is 0 Å². The van der Waals surface area contributed by atoms with Gasteiger partial charge in [0, 0.05) is 16.4 Å². The molecule has 0 unspecified atom stereocenters. The van der Waals surface area contributed by atoms with Gasteiger partial charge in [0.1, 0.15) is 0 Å². The highest BCUT2D eigenvalue weighted by Crippen LogP contribution is 2.22. The Labute approximate surface area is 101 Å². The molecule has 0 radical (unpaired) electrons. The van der Waals surface area contributed by atoms with Crippen molar-refractivity contribution in [1.82, 2.24) is 9.78 Å². The summed E-state index contributed by atoms with van der Waals surface area (Å²) in [5, 5.41) is 14.1. The van der Waals surface area contributed by atoms with Gasteiger partial charge in [-0.2, -0.15) is 5.10 Å². The molecule has 16 heavy (non-hydrogen) atoms. The second-order valence-corrected chi connectivity index (χ2v) is 4.41. The molecule has 1 heterocycles. The minimum absolute atomic E-state index is 0.00592. The molecule has 0 amide bonds. The van der Waals surface area contributed by atoms with Gasteiger partial charge in [-0.25, -0.2) is 0 Å². The first-order valence-electron chi connectivity index (χ1n) is 4.98. The molecule has 84 valence electrons. The van der Waals surface area contributed by atoms with E-state index in [-0.39, 0.29) is 6.42 Å². The third kappa shape index (κ3) is 1.95. The van der Waals surface area contributed by atoms with Crippen LogP contribution in [-0.2, 0) is 17.8 Å². The third-order valence-corrected chi connectivity index (χ3v) is 2.92. The summed E-state index contributed by atoms with van der Waals surface area (Å²) in [4.78, 5) is 10.8. The van der Waals surface area contributed by atoms with Gasteiger partial charge in [-0.15, -0.1) is 0 Å². The highest BCUT2D eigenvalue weighted by atomic mass is 79.9. The number of aromatic nitrogens is 2. The molecule has 1 aromatic carbocycles. The van der Waals surface area contributed by atoms with Crippen molar-refractivity contribution in [2.75, 3.05) is 0 Å². The lowest BCUT2D eigenvalue weighted by Gasteiger charge is -2.01. The average molecular weight is 283 g/mol. The molecule has 0 aliphatic rings.